The van der Waals surface area contributed by atoms with E-state index in [1.807, 2.05) is 6.07 Å². The molecule has 1 atom stereocenters. The van der Waals surface area contributed by atoms with Gasteiger partial charge in [-0.1, -0.05) is 6.07 Å². The molecule has 2 N–H and O–H groups in total. The van der Waals surface area contributed by atoms with Crippen molar-refractivity contribution in [2.75, 3.05) is 25.0 Å². The van der Waals surface area contributed by atoms with Gasteiger partial charge in [0.1, 0.15) is 0 Å². The standard InChI is InChI=1S/C15H19N3O2/c16-10-13-3-1-5-14(9-13)18-15(19)20-8-6-12-4-2-7-17-11-12/h1,3,5,9,12,17H,2,4,6-8,11H2,(H,18,19). The predicted molar refractivity (Wildman–Crippen MR) is 76.3 cm³/mol. The number of hydrogen-bond acceptors (Lipinski definition) is 4. The van der Waals surface area contributed by atoms with Gasteiger partial charge < -0.3 is 10.1 Å². The summed E-state index contributed by atoms with van der Waals surface area (Å²) in [6.45, 7) is 2.53. The summed E-state index contributed by atoms with van der Waals surface area (Å²) < 4.78 is 5.16. The van der Waals surface area contributed by atoms with Crippen molar-refractivity contribution >= 4 is 11.8 Å². The van der Waals surface area contributed by atoms with Crippen molar-refractivity contribution in [2.45, 2.75) is 19.3 Å². The van der Waals surface area contributed by atoms with E-state index in [1.165, 1.54) is 12.8 Å². The first-order valence-corrected chi connectivity index (χ1v) is 6.92. The Hall–Kier alpha value is -2.06. The largest absolute Gasteiger partial charge is 0.449 e. The second-order valence-electron chi connectivity index (χ2n) is 4.95. The van der Waals surface area contributed by atoms with Gasteiger partial charge in [0.05, 0.1) is 18.2 Å². The molecule has 0 bridgehead atoms. The molecule has 1 heterocycles. The van der Waals surface area contributed by atoms with Crippen molar-refractivity contribution in [3.8, 4) is 6.07 Å². The van der Waals surface area contributed by atoms with Crippen LogP contribution in [-0.4, -0.2) is 25.8 Å². The van der Waals surface area contributed by atoms with Gasteiger partial charge in [0.15, 0.2) is 0 Å². The topological polar surface area (TPSA) is 74.2 Å². The van der Waals surface area contributed by atoms with Crippen LogP contribution in [-0.2, 0) is 4.74 Å². The number of nitriles is 1. The van der Waals surface area contributed by atoms with Gasteiger partial charge in [-0.25, -0.2) is 4.79 Å². The van der Waals surface area contributed by atoms with Crippen LogP contribution in [0.2, 0.25) is 0 Å². The summed E-state index contributed by atoms with van der Waals surface area (Å²) >= 11 is 0. The first kappa shape index (κ1) is 14.4. The number of rotatable bonds is 4. The molecule has 1 aromatic carbocycles. The van der Waals surface area contributed by atoms with E-state index in [2.05, 4.69) is 10.6 Å². The molecule has 1 aromatic rings. The van der Waals surface area contributed by atoms with Gasteiger partial charge >= 0.3 is 6.09 Å². The van der Waals surface area contributed by atoms with E-state index < -0.39 is 6.09 Å². The molecule has 1 unspecified atom stereocenters. The molecule has 0 saturated carbocycles. The molecule has 1 aliphatic heterocycles. The highest BCUT2D eigenvalue weighted by atomic mass is 16.5. The molecule has 1 amide bonds. The molecule has 0 spiro atoms. The predicted octanol–water partition coefficient (Wildman–Crippen LogP) is 2.50. The summed E-state index contributed by atoms with van der Waals surface area (Å²) in [5.41, 5.74) is 1.09. The Morgan fingerprint density at radius 1 is 1.55 bits per heavy atom. The Labute approximate surface area is 118 Å². The second kappa shape index (κ2) is 7.51. The van der Waals surface area contributed by atoms with Gasteiger partial charge in [-0.05, 0) is 56.5 Å². The van der Waals surface area contributed by atoms with E-state index in [0.29, 0.717) is 23.8 Å². The monoisotopic (exact) mass is 273 g/mol. The van der Waals surface area contributed by atoms with E-state index in [9.17, 15) is 4.79 Å². The third-order valence-electron chi connectivity index (χ3n) is 3.40. The second-order valence-corrected chi connectivity index (χ2v) is 4.95. The van der Waals surface area contributed by atoms with Crippen LogP contribution in [0.15, 0.2) is 24.3 Å². The number of nitrogens with zero attached hydrogens (tertiary/aromatic N) is 1. The van der Waals surface area contributed by atoms with Gasteiger partial charge in [0, 0.05) is 5.69 Å². The number of amides is 1. The minimum absolute atomic E-state index is 0.427. The molecule has 1 fully saturated rings. The van der Waals surface area contributed by atoms with Crippen molar-refractivity contribution in [1.29, 1.82) is 5.26 Å². The lowest BCUT2D eigenvalue weighted by molar-refractivity contribution is 0.150. The van der Waals surface area contributed by atoms with E-state index in [1.54, 1.807) is 24.3 Å². The molecular weight excluding hydrogens is 254 g/mol. The molecule has 0 aliphatic carbocycles. The fraction of sp³-hybridized carbons (Fsp3) is 0.467. The lowest BCUT2D eigenvalue weighted by Crippen LogP contribution is -2.30. The maximum Gasteiger partial charge on any atom is 0.411 e. The number of piperidine rings is 1. The minimum Gasteiger partial charge on any atom is -0.449 e. The zero-order chi connectivity index (χ0) is 14.2. The zero-order valence-corrected chi connectivity index (χ0v) is 11.4. The van der Waals surface area contributed by atoms with Crippen LogP contribution < -0.4 is 10.6 Å². The highest BCUT2D eigenvalue weighted by Crippen LogP contribution is 2.14. The highest BCUT2D eigenvalue weighted by molar-refractivity contribution is 5.84. The Balaban J connectivity index is 1.70. The van der Waals surface area contributed by atoms with Crippen molar-refractivity contribution in [2.24, 2.45) is 5.92 Å². The van der Waals surface area contributed by atoms with E-state index in [0.717, 1.165) is 19.5 Å². The molecule has 1 aliphatic rings. The first-order valence-electron chi connectivity index (χ1n) is 6.92. The Bertz CT molecular complexity index is 490. The quantitative estimate of drug-likeness (QED) is 0.884. The average Bonchev–Trinajstić information content (AvgIpc) is 2.48. The van der Waals surface area contributed by atoms with Crippen LogP contribution in [0.3, 0.4) is 0 Å². The third kappa shape index (κ3) is 4.56. The zero-order valence-electron chi connectivity index (χ0n) is 11.4. The number of carbonyl (C=O) groups excluding carboxylic acids is 1. The summed E-state index contributed by atoms with van der Waals surface area (Å²) in [5, 5.41) is 14.7. The van der Waals surface area contributed by atoms with Crippen LogP contribution in [0.4, 0.5) is 10.5 Å². The lowest BCUT2D eigenvalue weighted by atomic mass is 9.97. The number of benzene rings is 1. The summed E-state index contributed by atoms with van der Waals surface area (Å²) in [5.74, 6) is 0.596. The molecule has 0 aromatic heterocycles. The summed E-state index contributed by atoms with van der Waals surface area (Å²) in [7, 11) is 0. The van der Waals surface area contributed by atoms with Crippen molar-refractivity contribution in [3.05, 3.63) is 29.8 Å². The minimum atomic E-state index is -0.469. The Kier molecular flexibility index (Phi) is 5.39. The average molecular weight is 273 g/mol. The maximum atomic E-state index is 11.6. The lowest BCUT2D eigenvalue weighted by Gasteiger charge is -2.22. The van der Waals surface area contributed by atoms with Gasteiger partial charge in [-0.3, -0.25) is 5.32 Å². The maximum absolute atomic E-state index is 11.6. The molecule has 2 rings (SSSR count). The molecular formula is C15H19N3O2. The third-order valence-corrected chi connectivity index (χ3v) is 3.40. The summed E-state index contributed by atoms with van der Waals surface area (Å²) in [6.07, 6.45) is 2.81. The van der Waals surface area contributed by atoms with Crippen molar-refractivity contribution in [1.82, 2.24) is 5.32 Å². The molecule has 5 heteroatoms. The fourth-order valence-corrected chi connectivity index (χ4v) is 2.31. The van der Waals surface area contributed by atoms with Gasteiger partial charge in [-0.15, -0.1) is 0 Å². The van der Waals surface area contributed by atoms with Crippen LogP contribution in [0.5, 0.6) is 0 Å². The first-order chi connectivity index (χ1) is 9.78. The molecule has 20 heavy (non-hydrogen) atoms. The SMILES string of the molecule is N#Cc1cccc(NC(=O)OCCC2CCCNC2)c1. The van der Waals surface area contributed by atoms with Gasteiger partial charge in [0.25, 0.3) is 0 Å². The van der Waals surface area contributed by atoms with Crippen LogP contribution in [0.1, 0.15) is 24.8 Å². The highest BCUT2D eigenvalue weighted by Gasteiger charge is 2.13. The van der Waals surface area contributed by atoms with Crippen LogP contribution >= 0.6 is 0 Å². The molecule has 1 saturated heterocycles. The van der Waals surface area contributed by atoms with Crippen molar-refractivity contribution < 1.29 is 9.53 Å². The van der Waals surface area contributed by atoms with E-state index in [4.69, 9.17) is 10.00 Å². The van der Waals surface area contributed by atoms with E-state index in [-0.39, 0.29) is 0 Å². The number of nitrogens with one attached hydrogen (secondary N) is 2. The number of carbonyl (C=O) groups is 1. The van der Waals surface area contributed by atoms with E-state index >= 15 is 0 Å². The molecule has 5 nitrogen and oxygen atoms in total. The number of hydrogen-bond donors (Lipinski definition) is 2. The molecule has 106 valence electrons. The van der Waals surface area contributed by atoms with Crippen molar-refractivity contribution in [3.63, 3.8) is 0 Å². The molecule has 0 radical (unpaired) electrons. The summed E-state index contributed by atoms with van der Waals surface area (Å²) in [6, 6.07) is 8.79. The van der Waals surface area contributed by atoms with Crippen LogP contribution in [0.25, 0.3) is 0 Å². The van der Waals surface area contributed by atoms with Crippen LogP contribution in [0, 0.1) is 17.2 Å². The normalized spacial score (nSPS) is 18.1. The Morgan fingerprint density at radius 2 is 2.45 bits per heavy atom. The summed E-state index contributed by atoms with van der Waals surface area (Å²) in [4.78, 5) is 11.6. The number of anilines is 1. The van der Waals surface area contributed by atoms with Gasteiger partial charge in [-0.2, -0.15) is 5.26 Å². The van der Waals surface area contributed by atoms with Gasteiger partial charge in [0.2, 0.25) is 0 Å². The smallest absolute Gasteiger partial charge is 0.411 e. The fourth-order valence-electron chi connectivity index (χ4n) is 2.31. The number of ether oxygens (including phenoxy) is 1. The Morgan fingerprint density at radius 3 is 3.20 bits per heavy atom.